The van der Waals surface area contributed by atoms with E-state index in [1.54, 1.807) is 0 Å². The van der Waals surface area contributed by atoms with E-state index < -0.39 is 0 Å². The summed E-state index contributed by atoms with van der Waals surface area (Å²) in [6.07, 6.45) is 0. The number of carbonyl (C=O) groups is 1. The number of nitrogens with zero attached hydrogens (tertiary/aromatic N) is 1. The summed E-state index contributed by atoms with van der Waals surface area (Å²) < 4.78 is 5.15. The first kappa shape index (κ1) is 7.94. The van der Waals surface area contributed by atoms with Crippen LogP contribution in [0.15, 0.2) is 4.99 Å². The van der Waals surface area contributed by atoms with Crippen LogP contribution in [0.3, 0.4) is 0 Å². The highest BCUT2D eigenvalue weighted by Gasteiger charge is 2.23. The molecule has 0 bridgehead atoms. The van der Waals surface area contributed by atoms with Gasteiger partial charge < -0.3 is 4.74 Å². The Bertz CT molecular complexity index is 180. The molecule has 1 aliphatic heterocycles. The smallest absolute Gasteiger partial charge is 0.331 e. The SMILES string of the molecule is COC(=O)[C@@H]1CSC(S)=N1. The number of thioether (sulfide) groups is 1. The first-order valence-electron chi connectivity index (χ1n) is 2.71. The van der Waals surface area contributed by atoms with Gasteiger partial charge in [-0.1, -0.05) is 11.8 Å². The van der Waals surface area contributed by atoms with E-state index in [-0.39, 0.29) is 12.0 Å². The molecule has 0 unspecified atom stereocenters. The molecule has 1 heterocycles. The predicted octanol–water partition coefficient (Wildman–Crippen LogP) is 0.561. The van der Waals surface area contributed by atoms with Gasteiger partial charge in [-0.25, -0.2) is 4.79 Å². The van der Waals surface area contributed by atoms with Gasteiger partial charge in [-0.2, -0.15) is 0 Å². The highest BCUT2D eigenvalue weighted by Crippen LogP contribution is 2.20. The second-order valence-electron chi connectivity index (χ2n) is 1.76. The van der Waals surface area contributed by atoms with Crippen LogP contribution in [-0.4, -0.2) is 29.2 Å². The fourth-order valence-electron chi connectivity index (χ4n) is 0.618. The van der Waals surface area contributed by atoms with E-state index in [0.717, 1.165) is 0 Å². The van der Waals surface area contributed by atoms with Crippen molar-refractivity contribution in [1.82, 2.24) is 0 Å². The lowest BCUT2D eigenvalue weighted by molar-refractivity contribution is -0.141. The number of carbonyl (C=O) groups excluding carboxylic acids is 1. The Morgan fingerprint density at radius 3 is 3.10 bits per heavy atom. The summed E-state index contributed by atoms with van der Waals surface area (Å²) in [7, 11) is 1.36. The van der Waals surface area contributed by atoms with Crippen molar-refractivity contribution in [2.75, 3.05) is 12.9 Å². The van der Waals surface area contributed by atoms with Gasteiger partial charge in [0.1, 0.15) is 4.38 Å². The highest BCUT2D eigenvalue weighted by molar-refractivity contribution is 8.32. The largest absolute Gasteiger partial charge is 0.467 e. The van der Waals surface area contributed by atoms with E-state index in [9.17, 15) is 4.79 Å². The van der Waals surface area contributed by atoms with Crippen molar-refractivity contribution in [3.63, 3.8) is 0 Å². The number of methoxy groups -OCH3 is 1. The number of hydrogen-bond acceptors (Lipinski definition) is 4. The molecule has 0 saturated carbocycles. The number of hydrogen-bond donors (Lipinski definition) is 1. The summed E-state index contributed by atoms with van der Waals surface area (Å²) >= 11 is 5.45. The standard InChI is InChI=1S/C5H7NO2S2/c1-8-4(7)3-2-10-5(9)6-3/h3H,2H2,1H3,(H,6,9)/t3-/m0/s1. The van der Waals surface area contributed by atoms with Gasteiger partial charge in [0.05, 0.1) is 7.11 Å². The molecule has 0 aromatic rings. The molecule has 0 spiro atoms. The molecule has 3 nitrogen and oxygen atoms in total. The van der Waals surface area contributed by atoms with Crippen molar-refractivity contribution in [2.24, 2.45) is 4.99 Å². The van der Waals surface area contributed by atoms with Gasteiger partial charge in [-0.05, 0) is 0 Å². The topological polar surface area (TPSA) is 38.7 Å². The van der Waals surface area contributed by atoms with Crippen LogP contribution in [0.25, 0.3) is 0 Å². The van der Waals surface area contributed by atoms with Crippen LogP contribution in [0.1, 0.15) is 0 Å². The van der Waals surface area contributed by atoms with Crippen LogP contribution in [0.2, 0.25) is 0 Å². The summed E-state index contributed by atoms with van der Waals surface area (Å²) in [5.41, 5.74) is 0. The van der Waals surface area contributed by atoms with Crippen LogP contribution in [0.5, 0.6) is 0 Å². The van der Waals surface area contributed by atoms with Crippen LogP contribution >= 0.6 is 24.4 Å². The Morgan fingerprint density at radius 2 is 2.70 bits per heavy atom. The van der Waals surface area contributed by atoms with Crippen molar-refractivity contribution in [3.8, 4) is 0 Å². The number of aliphatic imine (C=N–C) groups is 1. The molecule has 0 amide bonds. The Labute approximate surface area is 68.6 Å². The second kappa shape index (κ2) is 3.30. The average molecular weight is 177 g/mol. The highest BCUT2D eigenvalue weighted by atomic mass is 32.2. The summed E-state index contributed by atoms with van der Waals surface area (Å²) in [5, 5.41) is 0. The van der Waals surface area contributed by atoms with Crippen molar-refractivity contribution >= 4 is 34.7 Å². The van der Waals surface area contributed by atoms with E-state index in [0.29, 0.717) is 10.1 Å². The van der Waals surface area contributed by atoms with Crippen molar-refractivity contribution in [1.29, 1.82) is 0 Å². The summed E-state index contributed by atoms with van der Waals surface area (Å²) in [6, 6.07) is -0.331. The molecule has 1 aliphatic rings. The fourth-order valence-corrected chi connectivity index (χ4v) is 1.70. The maximum Gasteiger partial charge on any atom is 0.331 e. The zero-order valence-corrected chi connectivity index (χ0v) is 7.11. The van der Waals surface area contributed by atoms with Crippen LogP contribution in [0, 0.1) is 0 Å². The van der Waals surface area contributed by atoms with Gasteiger partial charge in [0.2, 0.25) is 0 Å². The number of rotatable bonds is 1. The Morgan fingerprint density at radius 1 is 2.00 bits per heavy atom. The third-order valence-electron chi connectivity index (χ3n) is 1.11. The Hall–Kier alpha value is -0.160. The maximum absolute atomic E-state index is 10.8. The molecule has 0 aromatic heterocycles. The Balaban J connectivity index is 2.52. The predicted molar refractivity (Wildman–Crippen MR) is 44.7 cm³/mol. The lowest BCUT2D eigenvalue weighted by Crippen LogP contribution is -2.19. The average Bonchev–Trinajstić information content (AvgIpc) is 2.34. The molecule has 1 atom stereocenters. The van der Waals surface area contributed by atoms with E-state index in [1.807, 2.05) is 0 Å². The number of esters is 1. The van der Waals surface area contributed by atoms with E-state index >= 15 is 0 Å². The molecule has 0 N–H and O–H groups in total. The first-order chi connectivity index (χ1) is 4.74. The molecular weight excluding hydrogens is 170 g/mol. The monoisotopic (exact) mass is 177 g/mol. The summed E-state index contributed by atoms with van der Waals surface area (Å²) in [5.74, 6) is 0.377. The molecule has 1 rings (SSSR count). The lowest BCUT2D eigenvalue weighted by Gasteiger charge is -2.00. The summed E-state index contributed by atoms with van der Waals surface area (Å²) in [4.78, 5) is 14.7. The summed E-state index contributed by atoms with van der Waals surface area (Å²) in [6.45, 7) is 0. The van der Waals surface area contributed by atoms with E-state index in [4.69, 9.17) is 0 Å². The zero-order valence-electron chi connectivity index (χ0n) is 5.40. The third kappa shape index (κ3) is 1.67. The number of thiol groups is 1. The van der Waals surface area contributed by atoms with Crippen molar-refractivity contribution in [3.05, 3.63) is 0 Å². The fraction of sp³-hybridized carbons (Fsp3) is 0.600. The second-order valence-corrected chi connectivity index (χ2v) is 3.50. The number of ether oxygens (including phenoxy) is 1. The van der Waals surface area contributed by atoms with E-state index in [2.05, 4.69) is 22.4 Å². The molecule has 0 radical (unpaired) electrons. The molecule has 0 aliphatic carbocycles. The first-order valence-corrected chi connectivity index (χ1v) is 4.14. The Kier molecular flexibility index (Phi) is 2.62. The molecule has 10 heavy (non-hydrogen) atoms. The minimum atomic E-state index is -0.331. The zero-order chi connectivity index (χ0) is 7.56. The molecule has 0 saturated heterocycles. The van der Waals surface area contributed by atoms with Crippen molar-refractivity contribution < 1.29 is 9.53 Å². The minimum absolute atomic E-state index is 0.281. The molecule has 0 aromatic carbocycles. The van der Waals surface area contributed by atoms with Crippen LogP contribution in [-0.2, 0) is 9.53 Å². The maximum atomic E-state index is 10.8. The molecule has 0 fully saturated rings. The van der Waals surface area contributed by atoms with Crippen molar-refractivity contribution in [2.45, 2.75) is 6.04 Å². The van der Waals surface area contributed by atoms with Gasteiger partial charge in [-0.15, -0.1) is 12.6 Å². The van der Waals surface area contributed by atoms with E-state index in [1.165, 1.54) is 18.9 Å². The quantitative estimate of drug-likeness (QED) is 0.470. The molecular formula is C5H7NO2S2. The van der Waals surface area contributed by atoms with Crippen LogP contribution < -0.4 is 0 Å². The van der Waals surface area contributed by atoms with Gasteiger partial charge in [0.25, 0.3) is 0 Å². The van der Waals surface area contributed by atoms with Gasteiger partial charge in [0, 0.05) is 5.75 Å². The minimum Gasteiger partial charge on any atom is -0.467 e. The lowest BCUT2D eigenvalue weighted by atomic mass is 10.4. The van der Waals surface area contributed by atoms with Crippen LogP contribution in [0.4, 0.5) is 0 Å². The van der Waals surface area contributed by atoms with Gasteiger partial charge in [-0.3, -0.25) is 4.99 Å². The molecule has 5 heteroatoms. The van der Waals surface area contributed by atoms with Gasteiger partial charge >= 0.3 is 5.97 Å². The normalized spacial score (nSPS) is 24.2. The third-order valence-corrected chi connectivity index (χ3v) is 2.46. The van der Waals surface area contributed by atoms with Gasteiger partial charge in [0.15, 0.2) is 6.04 Å². The molecule has 56 valence electrons.